The summed E-state index contributed by atoms with van der Waals surface area (Å²) in [5, 5.41) is 0. The van der Waals surface area contributed by atoms with Crippen molar-refractivity contribution in [2.75, 3.05) is 13.2 Å². The zero-order valence-corrected chi connectivity index (χ0v) is 6.48. The Morgan fingerprint density at radius 3 is 2.50 bits per heavy atom. The van der Waals surface area contributed by atoms with Crippen molar-refractivity contribution in [2.45, 2.75) is 6.82 Å². The van der Waals surface area contributed by atoms with Crippen LogP contribution in [0.15, 0.2) is 0 Å². The molecule has 0 aromatic heterocycles. The van der Waals surface area contributed by atoms with Crippen LogP contribution in [0.5, 0.6) is 0 Å². The predicted octanol–water partition coefficient (Wildman–Crippen LogP) is 1.47. The first-order valence-electron chi connectivity index (χ1n) is 2.74. The minimum absolute atomic E-state index is 0.0970. The Labute approximate surface area is 61.9 Å². The summed E-state index contributed by atoms with van der Waals surface area (Å²) in [6.07, 6.45) is 0. The number of rotatable bonds is 5. The highest BCUT2D eigenvalue weighted by molar-refractivity contribution is 7.40. The van der Waals surface area contributed by atoms with Gasteiger partial charge in [-0.05, 0) is 0 Å². The fourth-order valence-electron chi connectivity index (χ4n) is 0.340. The summed E-state index contributed by atoms with van der Waals surface area (Å²) in [6.45, 7) is 1.22. The zero-order chi connectivity index (χ0) is 7.98. The Hall–Kier alpha value is 0.340. The van der Waals surface area contributed by atoms with Crippen molar-refractivity contribution in [3.05, 3.63) is 0 Å². The van der Waals surface area contributed by atoms with Gasteiger partial charge in [0.2, 0.25) is 6.81 Å². The predicted molar refractivity (Wildman–Crippen MR) is 38.4 cm³/mol. The molecule has 7 heteroatoms. The molecular formula is C3H7B2F2O2P. The molecule has 0 saturated heterocycles. The van der Waals surface area contributed by atoms with E-state index in [0.29, 0.717) is 0 Å². The van der Waals surface area contributed by atoms with Crippen LogP contribution in [0, 0.1) is 0 Å². The van der Waals surface area contributed by atoms with Gasteiger partial charge in [-0.1, -0.05) is 6.82 Å². The first-order valence-corrected chi connectivity index (χ1v) is 3.79. The molecule has 0 aromatic rings. The maximum absolute atomic E-state index is 11.3. The van der Waals surface area contributed by atoms with Crippen molar-refractivity contribution in [3.63, 3.8) is 0 Å². The lowest BCUT2D eigenvalue weighted by atomic mass is 9.49. The second kappa shape index (κ2) is 6.08. The third-order valence-corrected chi connectivity index (χ3v) is 1.03. The number of halogens is 2. The highest BCUT2D eigenvalue weighted by atomic mass is 31.2. The summed E-state index contributed by atoms with van der Waals surface area (Å²) >= 11 is 0. The minimum Gasteiger partial charge on any atom is -0.444 e. The van der Waals surface area contributed by atoms with Gasteiger partial charge in [0.15, 0.2) is 0 Å². The second-order valence-corrected chi connectivity index (χ2v) is 2.27. The van der Waals surface area contributed by atoms with E-state index in [2.05, 4.69) is 4.52 Å². The van der Waals surface area contributed by atoms with Gasteiger partial charge in [0, 0.05) is 0 Å². The fraction of sp³-hybridized carbons (Fsp3) is 1.00. The molecule has 2 nitrogen and oxygen atoms in total. The van der Waals surface area contributed by atoms with Gasteiger partial charge in [0.25, 0.3) is 0 Å². The van der Waals surface area contributed by atoms with E-state index in [9.17, 15) is 8.39 Å². The van der Waals surface area contributed by atoms with Crippen LogP contribution in [-0.4, -0.2) is 27.8 Å². The molecule has 0 aliphatic carbocycles. The molecular weight excluding hydrogens is 159 g/mol. The van der Waals surface area contributed by atoms with Gasteiger partial charge in [-0.25, -0.2) is 0 Å². The lowest BCUT2D eigenvalue weighted by molar-refractivity contribution is 0.220. The van der Waals surface area contributed by atoms with Gasteiger partial charge in [0.05, 0.1) is 21.0 Å². The van der Waals surface area contributed by atoms with Crippen molar-refractivity contribution in [2.24, 2.45) is 0 Å². The van der Waals surface area contributed by atoms with Crippen LogP contribution in [0.1, 0.15) is 0 Å². The van der Waals surface area contributed by atoms with Gasteiger partial charge < -0.3 is 9.18 Å². The summed E-state index contributed by atoms with van der Waals surface area (Å²) in [5.41, 5.74) is 0. The molecule has 2 radical (unpaired) electrons. The number of hydrogen-bond acceptors (Lipinski definition) is 2. The van der Waals surface area contributed by atoms with Crippen LogP contribution in [0.4, 0.5) is 8.39 Å². The van der Waals surface area contributed by atoms with Crippen LogP contribution >= 0.6 is 8.77 Å². The largest absolute Gasteiger partial charge is 0.444 e. The molecule has 10 heavy (non-hydrogen) atoms. The SMILES string of the molecule is [B]B(C)OCCOP(F)F. The first-order chi connectivity index (χ1) is 4.63. The molecule has 0 aliphatic rings. The van der Waals surface area contributed by atoms with Crippen LogP contribution in [0.25, 0.3) is 0 Å². The average molecular weight is 166 g/mol. The van der Waals surface area contributed by atoms with Gasteiger partial charge >= 0.3 is 8.77 Å². The smallest absolute Gasteiger partial charge is 0.415 e. The van der Waals surface area contributed by atoms with E-state index < -0.39 is 15.6 Å². The Morgan fingerprint density at radius 1 is 1.50 bits per heavy atom. The van der Waals surface area contributed by atoms with Crippen molar-refractivity contribution in [1.29, 1.82) is 0 Å². The standard InChI is InChI=1S/C3H7B2F2O2P/c1-5(4)8-2-3-9-10(6)7/h2-3H2,1H3. The van der Waals surface area contributed by atoms with E-state index >= 15 is 0 Å². The Kier molecular flexibility index (Phi) is 6.28. The second-order valence-electron chi connectivity index (χ2n) is 1.61. The fourth-order valence-corrected chi connectivity index (χ4v) is 0.553. The Balaban J connectivity index is 2.91. The molecule has 0 aliphatic heterocycles. The minimum atomic E-state index is -3.25. The zero-order valence-electron chi connectivity index (χ0n) is 5.59. The molecule has 0 spiro atoms. The molecule has 0 fully saturated rings. The average Bonchev–Trinajstić information content (AvgIpc) is 1.79. The van der Waals surface area contributed by atoms with E-state index in [4.69, 9.17) is 12.4 Å². The van der Waals surface area contributed by atoms with E-state index in [1.54, 1.807) is 6.82 Å². The van der Waals surface area contributed by atoms with Gasteiger partial charge in [-0.15, -0.1) is 0 Å². The van der Waals surface area contributed by atoms with Gasteiger partial charge in [-0.3, -0.25) is 0 Å². The van der Waals surface area contributed by atoms with Crippen LogP contribution < -0.4 is 0 Å². The summed E-state index contributed by atoms with van der Waals surface area (Å²) in [5.74, 6) is 0. The molecule has 0 bridgehead atoms. The number of hydrogen-bond donors (Lipinski definition) is 0. The summed E-state index contributed by atoms with van der Waals surface area (Å²) in [4.78, 5) is 0. The summed E-state index contributed by atoms with van der Waals surface area (Å²) in [6, 6.07) is 0. The molecule has 0 aromatic carbocycles. The van der Waals surface area contributed by atoms with Crippen LogP contribution in [0.2, 0.25) is 6.82 Å². The molecule has 0 amide bonds. The van der Waals surface area contributed by atoms with Crippen LogP contribution in [-0.2, 0) is 9.18 Å². The Bertz CT molecular complexity index is 74.9. The molecule has 0 heterocycles. The monoisotopic (exact) mass is 166 g/mol. The van der Waals surface area contributed by atoms with E-state index in [1.165, 1.54) is 0 Å². The van der Waals surface area contributed by atoms with E-state index in [-0.39, 0.29) is 13.2 Å². The van der Waals surface area contributed by atoms with Crippen molar-refractivity contribution in [3.8, 4) is 0 Å². The van der Waals surface area contributed by atoms with E-state index in [1.807, 2.05) is 0 Å². The highest BCUT2D eigenvalue weighted by Gasteiger charge is 2.04. The van der Waals surface area contributed by atoms with Gasteiger partial charge in [0.1, 0.15) is 0 Å². The molecule has 0 N–H and O–H groups in total. The molecule has 0 rings (SSSR count). The molecule has 56 valence electrons. The topological polar surface area (TPSA) is 18.5 Å². The summed E-state index contributed by atoms with van der Waals surface area (Å²) in [7, 11) is 1.90. The maximum atomic E-state index is 11.3. The molecule has 0 saturated carbocycles. The molecule has 0 unspecified atom stereocenters. The first kappa shape index (κ1) is 10.3. The summed E-state index contributed by atoms with van der Waals surface area (Å²) < 4.78 is 31.3. The van der Waals surface area contributed by atoms with E-state index in [0.717, 1.165) is 0 Å². The van der Waals surface area contributed by atoms with Crippen molar-refractivity contribution < 1.29 is 17.6 Å². The third kappa shape index (κ3) is 8.34. The third-order valence-electron chi connectivity index (χ3n) is 0.653. The lowest BCUT2D eigenvalue weighted by Crippen LogP contribution is -2.16. The maximum Gasteiger partial charge on any atom is 0.415 e. The van der Waals surface area contributed by atoms with Crippen molar-refractivity contribution >= 4 is 23.3 Å². The van der Waals surface area contributed by atoms with Crippen LogP contribution in [0.3, 0.4) is 0 Å². The van der Waals surface area contributed by atoms with Gasteiger partial charge in [-0.2, -0.15) is 8.39 Å². The normalized spacial score (nSPS) is 10.4. The highest BCUT2D eigenvalue weighted by Crippen LogP contribution is 2.39. The molecule has 0 atom stereocenters. The lowest BCUT2D eigenvalue weighted by Gasteiger charge is -2.04. The Morgan fingerprint density at radius 2 is 2.10 bits per heavy atom. The quantitative estimate of drug-likeness (QED) is 0.349. The van der Waals surface area contributed by atoms with Crippen molar-refractivity contribution in [1.82, 2.24) is 0 Å².